The molecule has 1 aliphatic rings. The summed E-state index contributed by atoms with van der Waals surface area (Å²) >= 11 is 0. The minimum atomic E-state index is -0.0402. The molecule has 3 aromatic carbocycles. The lowest BCUT2D eigenvalue weighted by molar-refractivity contribution is -0.121. The maximum absolute atomic E-state index is 13.4. The smallest absolute Gasteiger partial charge is 0.220 e. The summed E-state index contributed by atoms with van der Waals surface area (Å²) in [5, 5.41) is 4.42. The molecule has 210 valence electrons. The molecule has 4 aromatic rings. The highest BCUT2D eigenvalue weighted by Gasteiger charge is 2.24. The second kappa shape index (κ2) is 12.4. The van der Waals surface area contributed by atoms with Gasteiger partial charge in [-0.15, -0.1) is 0 Å². The summed E-state index contributed by atoms with van der Waals surface area (Å²) in [5.74, 6) is 0.0510. The van der Waals surface area contributed by atoms with Crippen molar-refractivity contribution in [2.75, 3.05) is 39.4 Å². The number of fused-ring (bicyclic) bond motifs is 1. The first-order valence-corrected chi connectivity index (χ1v) is 14.6. The van der Waals surface area contributed by atoms with Crippen LogP contribution < -0.4 is 5.32 Å². The highest BCUT2D eigenvalue weighted by Crippen LogP contribution is 2.36. The molecule has 40 heavy (non-hydrogen) atoms. The van der Waals surface area contributed by atoms with E-state index >= 15 is 0 Å². The first-order chi connectivity index (χ1) is 19.3. The molecule has 0 bridgehead atoms. The van der Waals surface area contributed by atoms with Gasteiger partial charge in [0.05, 0.1) is 13.2 Å². The summed E-state index contributed by atoms with van der Waals surface area (Å²) in [6, 6.07) is 26.2. The van der Waals surface area contributed by atoms with Gasteiger partial charge in [0, 0.05) is 62.2 Å². The molecule has 1 aromatic heterocycles. The van der Waals surface area contributed by atoms with Crippen LogP contribution >= 0.6 is 0 Å². The molecule has 0 aliphatic carbocycles. The van der Waals surface area contributed by atoms with Gasteiger partial charge >= 0.3 is 0 Å². The number of nitrogens with one attached hydrogen (secondary N) is 1. The summed E-state index contributed by atoms with van der Waals surface area (Å²) in [5.41, 5.74) is 7.48. The number of carbonyl (C=O) groups is 1. The van der Waals surface area contributed by atoms with E-state index in [9.17, 15) is 4.79 Å². The van der Waals surface area contributed by atoms with Gasteiger partial charge < -0.3 is 14.6 Å². The second-order valence-corrected chi connectivity index (χ2v) is 12.1. The van der Waals surface area contributed by atoms with Gasteiger partial charge in [-0.25, -0.2) is 0 Å². The zero-order valence-corrected chi connectivity index (χ0v) is 24.5. The van der Waals surface area contributed by atoms with E-state index in [1.807, 2.05) is 0 Å². The first kappa shape index (κ1) is 28.1. The van der Waals surface area contributed by atoms with E-state index in [0.717, 1.165) is 39.4 Å². The van der Waals surface area contributed by atoms with Gasteiger partial charge in [0.25, 0.3) is 0 Å². The van der Waals surface area contributed by atoms with Crippen LogP contribution in [0, 0.1) is 6.92 Å². The van der Waals surface area contributed by atoms with Crippen molar-refractivity contribution in [1.82, 2.24) is 14.8 Å². The van der Waals surface area contributed by atoms with Crippen molar-refractivity contribution >= 4 is 16.8 Å². The molecule has 1 aliphatic heterocycles. The van der Waals surface area contributed by atoms with Gasteiger partial charge in [0.2, 0.25) is 5.91 Å². The third-order valence-corrected chi connectivity index (χ3v) is 8.09. The quantitative estimate of drug-likeness (QED) is 0.274. The third-order valence-electron chi connectivity index (χ3n) is 8.09. The molecule has 1 saturated heterocycles. The van der Waals surface area contributed by atoms with Gasteiger partial charge in [-0.05, 0) is 40.7 Å². The molecular formula is C35H43N3O2. The van der Waals surface area contributed by atoms with E-state index in [-0.39, 0.29) is 17.2 Å². The Hall–Kier alpha value is -3.41. The van der Waals surface area contributed by atoms with E-state index in [1.54, 1.807) is 0 Å². The fraction of sp³-hybridized carbons (Fsp3) is 0.400. The van der Waals surface area contributed by atoms with E-state index in [2.05, 4.69) is 121 Å². The number of benzene rings is 3. The second-order valence-electron chi connectivity index (χ2n) is 12.1. The molecule has 0 unspecified atom stereocenters. The SMILES string of the molecule is Cc1ccc(Cn2cc([C@@H](CC(=O)NCCN3CCOCC3)c3ccc(C(C)(C)C)cc3)c3ccccc32)cc1. The van der Waals surface area contributed by atoms with Gasteiger partial charge in [-0.1, -0.05) is 93.1 Å². The summed E-state index contributed by atoms with van der Waals surface area (Å²) in [6.45, 7) is 14.5. The van der Waals surface area contributed by atoms with Crippen molar-refractivity contribution in [1.29, 1.82) is 0 Å². The Labute approximate surface area is 239 Å². The minimum absolute atomic E-state index is 0.0402. The Kier molecular flexibility index (Phi) is 8.72. The Morgan fingerprint density at radius 3 is 2.35 bits per heavy atom. The average Bonchev–Trinajstić information content (AvgIpc) is 3.31. The zero-order chi connectivity index (χ0) is 28.1. The van der Waals surface area contributed by atoms with Crippen LogP contribution in [-0.2, 0) is 21.5 Å². The number of rotatable bonds is 9. The van der Waals surface area contributed by atoms with Crippen LogP contribution in [0.3, 0.4) is 0 Å². The molecule has 5 rings (SSSR count). The Bertz CT molecular complexity index is 1410. The van der Waals surface area contributed by atoms with Crippen LogP contribution in [0.4, 0.5) is 0 Å². The number of hydrogen-bond donors (Lipinski definition) is 1. The number of amides is 1. The molecule has 1 amide bonds. The normalized spacial score (nSPS) is 15.3. The largest absolute Gasteiger partial charge is 0.379 e. The topological polar surface area (TPSA) is 46.5 Å². The average molecular weight is 538 g/mol. The van der Waals surface area contributed by atoms with Gasteiger partial charge in [0.1, 0.15) is 0 Å². The van der Waals surface area contributed by atoms with E-state index in [1.165, 1.54) is 38.7 Å². The fourth-order valence-electron chi connectivity index (χ4n) is 5.63. The fourth-order valence-corrected chi connectivity index (χ4v) is 5.63. The zero-order valence-electron chi connectivity index (χ0n) is 24.5. The Morgan fingerprint density at radius 2 is 1.65 bits per heavy atom. The Balaban J connectivity index is 1.44. The third kappa shape index (κ3) is 6.83. The van der Waals surface area contributed by atoms with Crippen molar-refractivity contribution < 1.29 is 9.53 Å². The van der Waals surface area contributed by atoms with Crippen molar-refractivity contribution in [3.05, 3.63) is 107 Å². The number of hydrogen-bond acceptors (Lipinski definition) is 3. The van der Waals surface area contributed by atoms with Gasteiger partial charge in [-0.2, -0.15) is 0 Å². The Morgan fingerprint density at radius 1 is 0.950 bits per heavy atom. The van der Waals surface area contributed by atoms with Crippen molar-refractivity contribution in [3.63, 3.8) is 0 Å². The monoisotopic (exact) mass is 537 g/mol. The molecule has 1 atom stereocenters. The van der Waals surface area contributed by atoms with Gasteiger partial charge in [-0.3, -0.25) is 9.69 Å². The van der Waals surface area contributed by atoms with Crippen molar-refractivity contribution in [2.24, 2.45) is 0 Å². The number of aromatic nitrogens is 1. The summed E-state index contributed by atoms with van der Waals surface area (Å²) < 4.78 is 7.79. The predicted molar refractivity (Wildman–Crippen MR) is 164 cm³/mol. The number of morpholine rings is 1. The highest BCUT2D eigenvalue weighted by atomic mass is 16.5. The number of nitrogens with zero attached hydrogens (tertiary/aromatic N) is 2. The summed E-state index contributed by atoms with van der Waals surface area (Å²) in [4.78, 5) is 15.7. The van der Waals surface area contributed by atoms with Crippen LogP contribution in [0.5, 0.6) is 0 Å². The van der Waals surface area contributed by atoms with Crippen LogP contribution in [0.2, 0.25) is 0 Å². The molecule has 5 nitrogen and oxygen atoms in total. The lowest BCUT2D eigenvalue weighted by Gasteiger charge is -2.26. The molecule has 0 spiro atoms. The molecule has 5 heteroatoms. The van der Waals surface area contributed by atoms with Crippen LogP contribution in [0.1, 0.15) is 60.9 Å². The molecule has 1 N–H and O–H groups in total. The molecule has 2 heterocycles. The minimum Gasteiger partial charge on any atom is -0.379 e. The summed E-state index contributed by atoms with van der Waals surface area (Å²) in [6.07, 6.45) is 2.68. The number of para-hydroxylation sites is 1. The standard InChI is InChI=1S/C35H43N3O2/c1-26-9-11-27(12-10-26)24-38-25-32(30-7-5-6-8-33(30)38)31(28-13-15-29(16-14-28)35(2,3)4)23-34(39)36-17-18-37-19-21-40-22-20-37/h5-16,25,31H,17-24H2,1-4H3,(H,36,39)/t31-/m0/s1. The van der Waals surface area contributed by atoms with E-state index in [4.69, 9.17) is 4.74 Å². The lowest BCUT2D eigenvalue weighted by Crippen LogP contribution is -2.41. The molecule has 0 radical (unpaired) electrons. The van der Waals surface area contributed by atoms with Crippen molar-refractivity contribution in [2.45, 2.75) is 52.0 Å². The molecular weight excluding hydrogens is 494 g/mol. The van der Waals surface area contributed by atoms with E-state index < -0.39 is 0 Å². The number of ether oxygens (including phenoxy) is 1. The van der Waals surface area contributed by atoms with Gasteiger partial charge in [0.15, 0.2) is 0 Å². The summed E-state index contributed by atoms with van der Waals surface area (Å²) in [7, 11) is 0. The van der Waals surface area contributed by atoms with E-state index in [0.29, 0.717) is 13.0 Å². The maximum Gasteiger partial charge on any atom is 0.220 e. The predicted octanol–water partition coefficient (Wildman–Crippen LogP) is 6.27. The number of carbonyl (C=O) groups excluding carboxylic acids is 1. The van der Waals surface area contributed by atoms with Crippen molar-refractivity contribution in [3.8, 4) is 0 Å². The van der Waals surface area contributed by atoms with Crippen LogP contribution in [0.25, 0.3) is 10.9 Å². The molecule has 0 saturated carbocycles. The maximum atomic E-state index is 13.4. The highest BCUT2D eigenvalue weighted by molar-refractivity contribution is 5.86. The number of aryl methyl sites for hydroxylation is 1. The van der Waals surface area contributed by atoms with Crippen LogP contribution in [-0.4, -0.2) is 54.8 Å². The van der Waals surface area contributed by atoms with Crippen LogP contribution in [0.15, 0.2) is 79.0 Å². The molecule has 1 fully saturated rings. The first-order valence-electron chi connectivity index (χ1n) is 14.6. The lowest BCUT2D eigenvalue weighted by atomic mass is 9.83.